The minimum atomic E-state index is -0.960. The second-order valence-electron chi connectivity index (χ2n) is 5.86. The highest BCUT2D eigenvalue weighted by Crippen LogP contribution is 2.22. The van der Waals surface area contributed by atoms with Gasteiger partial charge in [-0.1, -0.05) is 13.8 Å². The molecule has 0 aliphatic rings. The van der Waals surface area contributed by atoms with E-state index in [1.165, 1.54) is 18.4 Å². The molecule has 9 nitrogen and oxygen atoms in total. The van der Waals surface area contributed by atoms with E-state index in [1.54, 1.807) is 25.3 Å². The van der Waals surface area contributed by atoms with Crippen molar-refractivity contribution in [3.8, 4) is 0 Å². The number of hydrogen-bond donors (Lipinski definition) is 3. The van der Waals surface area contributed by atoms with Gasteiger partial charge >= 0.3 is 5.97 Å². The first-order valence-electron chi connectivity index (χ1n) is 7.97. The molecule has 0 bridgehead atoms. The molecule has 10 heteroatoms. The van der Waals surface area contributed by atoms with E-state index >= 15 is 0 Å². The highest BCUT2D eigenvalue weighted by Gasteiger charge is 2.27. The number of furan rings is 1. The third-order valence-corrected chi connectivity index (χ3v) is 4.31. The van der Waals surface area contributed by atoms with Crippen molar-refractivity contribution in [2.75, 3.05) is 11.9 Å². The van der Waals surface area contributed by atoms with Gasteiger partial charge in [-0.05, 0) is 29.5 Å². The fourth-order valence-corrected chi connectivity index (χ4v) is 2.92. The van der Waals surface area contributed by atoms with Crippen molar-refractivity contribution in [3.05, 3.63) is 41.2 Å². The smallest absolute Gasteiger partial charge is 0.329 e. The fourth-order valence-electron chi connectivity index (χ4n) is 2.11. The zero-order chi connectivity index (χ0) is 20.0. The molecule has 0 spiro atoms. The predicted octanol–water partition coefficient (Wildman–Crippen LogP) is 1.38. The van der Waals surface area contributed by atoms with Crippen LogP contribution >= 0.6 is 11.3 Å². The van der Waals surface area contributed by atoms with Gasteiger partial charge in [-0.2, -0.15) is 0 Å². The minimum absolute atomic E-state index is 0.0582. The lowest BCUT2D eigenvalue weighted by Crippen LogP contribution is -2.45. The Morgan fingerprint density at radius 3 is 2.59 bits per heavy atom. The number of rotatable bonds is 8. The van der Waals surface area contributed by atoms with Crippen molar-refractivity contribution in [3.63, 3.8) is 0 Å². The van der Waals surface area contributed by atoms with Crippen molar-refractivity contribution >= 4 is 40.0 Å². The van der Waals surface area contributed by atoms with Crippen molar-refractivity contribution in [1.82, 2.24) is 5.32 Å². The summed E-state index contributed by atoms with van der Waals surface area (Å²) in [6.07, 6.45) is 1.34. The van der Waals surface area contributed by atoms with Crippen molar-refractivity contribution in [1.29, 1.82) is 0 Å². The average Bonchev–Trinajstić information content (AvgIpc) is 3.28. The van der Waals surface area contributed by atoms with Gasteiger partial charge in [0, 0.05) is 0 Å². The average molecular weight is 393 g/mol. The molecule has 0 saturated heterocycles. The van der Waals surface area contributed by atoms with Crippen LogP contribution < -0.4 is 16.4 Å². The van der Waals surface area contributed by atoms with E-state index in [-0.39, 0.29) is 22.2 Å². The second kappa shape index (κ2) is 8.99. The summed E-state index contributed by atoms with van der Waals surface area (Å²) in [5.74, 6) is -2.86. The van der Waals surface area contributed by atoms with Gasteiger partial charge in [0.1, 0.15) is 11.0 Å². The first-order chi connectivity index (χ1) is 12.8. The van der Waals surface area contributed by atoms with Gasteiger partial charge < -0.3 is 25.5 Å². The summed E-state index contributed by atoms with van der Waals surface area (Å²) in [5.41, 5.74) is 5.37. The van der Waals surface area contributed by atoms with Crippen LogP contribution in [0.1, 0.15) is 34.8 Å². The Balaban J connectivity index is 1.91. The molecule has 0 radical (unpaired) electrons. The van der Waals surface area contributed by atoms with Crippen LogP contribution in [0.2, 0.25) is 0 Å². The molecule has 2 aromatic heterocycles. The van der Waals surface area contributed by atoms with Crippen LogP contribution in [0, 0.1) is 5.92 Å². The Morgan fingerprint density at radius 2 is 2.00 bits per heavy atom. The van der Waals surface area contributed by atoms with Gasteiger partial charge in [-0.3, -0.25) is 14.4 Å². The quantitative estimate of drug-likeness (QED) is 0.579. The zero-order valence-electron chi connectivity index (χ0n) is 14.7. The molecular formula is C17H19N3O6S. The summed E-state index contributed by atoms with van der Waals surface area (Å²) in [6, 6.07) is 3.53. The van der Waals surface area contributed by atoms with Gasteiger partial charge in [0.15, 0.2) is 12.4 Å². The third-order valence-electron chi connectivity index (χ3n) is 3.48. The maximum atomic E-state index is 12.3. The van der Waals surface area contributed by atoms with Crippen LogP contribution in [-0.4, -0.2) is 36.3 Å². The van der Waals surface area contributed by atoms with Gasteiger partial charge in [-0.25, -0.2) is 4.79 Å². The van der Waals surface area contributed by atoms with Crippen molar-refractivity contribution < 1.29 is 28.3 Å². The molecule has 2 heterocycles. The number of nitrogens with one attached hydrogen (secondary N) is 2. The number of amides is 3. The summed E-state index contributed by atoms with van der Waals surface area (Å²) < 4.78 is 9.97. The number of carbonyl (C=O) groups is 4. The molecule has 144 valence electrons. The number of esters is 1. The number of thiophene rings is 1. The molecular weight excluding hydrogens is 374 g/mol. The van der Waals surface area contributed by atoms with E-state index in [1.807, 2.05) is 0 Å². The SMILES string of the molecule is CC(C)[C@@H](NC(=O)c1ccco1)C(=O)OCC(=O)Nc1sccc1C(N)=O. The molecule has 0 aliphatic heterocycles. The van der Waals surface area contributed by atoms with Crippen molar-refractivity contribution in [2.45, 2.75) is 19.9 Å². The lowest BCUT2D eigenvalue weighted by Gasteiger charge is -2.20. The molecule has 0 fully saturated rings. The van der Waals surface area contributed by atoms with Gasteiger partial charge in [0.05, 0.1) is 11.8 Å². The maximum absolute atomic E-state index is 12.3. The minimum Gasteiger partial charge on any atom is -0.459 e. The lowest BCUT2D eigenvalue weighted by atomic mass is 10.0. The number of hydrogen-bond acceptors (Lipinski definition) is 7. The Kier molecular flexibility index (Phi) is 6.72. The Labute approximate surface area is 158 Å². The molecule has 1 atom stereocenters. The molecule has 0 saturated carbocycles. The normalized spacial score (nSPS) is 11.7. The van der Waals surface area contributed by atoms with Gasteiger partial charge in [0.25, 0.3) is 17.7 Å². The zero-order valence-corrected chi connectivity index (χ0v) is 15.5. The molecule has 0 aromatic carbocycles. The monoisotopic (exact) mass is 393 g/mol. The first-order valence-corrected chi connectivity index (χ1v) is 8.85. The lowest BCUT2D eigenvalue weighted by molar-refractivity contribution is -0.150. The summed E-state index contributed by atoms with van der Waals surface area (Å²) in [6.45, 7) is 2.87. The highest BCUT2D eigenvalue weighted by atomic mass is 32.1. The van der Waals surface area contributed by atoms with E-state index in [2.05, 4.69) is 10.6 Å². The molecule has 0 unspecified atom stereocenters. The van der Waals surface area contributed by atoms with E-state index in [4.69, 9.17) is 14.9 Å². The Bertz CT molecular complexity index is 828. The standard InChI is InChI=1S/C17H19N3O6S/c1-9(2)13(20-15(23)11-4-3-6-25-11)17(24)26-8-12(21)19-16-10(14(18)22)5-7-27-16/h3-7,9,13H,8H2,1-2H3,(H2,18,22)(H,19,21)(H,20,23)/t13-/m1/s1. The van der Waals surface area contributed by atoms with Crippen molar-refractivity contribution in [2.24, 2.45) is 11.7 Å². The summed E-state index contributed by atoms with van der Waals surface area (Å²) in [4.78, 5) is 47.5. The number of carbonyl (C=O) groups excluding carboxylic acids is 4. The number of ether oxygens (including phenoxy) is 1. The van der Waals surface area contributed by atoms with E-state index < -0.39 is 36.3 Å². The molecule has 27 heavy (non-hydrogen) atoms. The molecule has 3 amide bonds. The maximum Gasteiger partial charge on any atom is 0.329 e. The van der Waals surface area contributed by atoms with Crippen LogP contribution in [0.5, 0.6) is 0 Å². The van der Waals surface area contributed by atoms with Crippen LogP contribution in [0.3, 0.4) is 0 Å². The summed E-state index contributed by atoms with van der Waals surface area (Å²) in [7, 11) is 0. The predicted molar refractivity (Wildman–Crippen MR) is 97.2 cm³/mol. The Hall–Kier alpha value is -3.14. The number of anilines is 1. The van der Waals surface area contributed by atoms with Crippen LogP contribution in [0.25, 0.3) is 0 Å². The van der Waals surface area contributed by atoms with Crippen LogP contribution in [0.15, 0.2) is 34.3 Å². The van der Waals surface area contributed by atoms with Crippen LogP contribution in [-0.2, 0) is 14.3 Å². The van der Waals surface area contributed by atoms with Gasteiger partial charge in [0.2, 0.25) is 0 Å². The molecule has 4 N–H and O–H groups in total. The molecule has 0 aliphatic carbocycles. The molecule has 2 aromatic rings. The molecule has 2 rings (SSSR count). The van der Waals surface area contributed by atoms with Gasteiger partial charge in [-0.15, -0.1) is 11.3 Å². The van der Waals surface area contributed by atoms with E-state index in [0.717, 1.165) is 11.3 Å². The first kappa shape index (κ1) is 20.2. The topological polar surface area (TPSA) is 141 Å². The summed E-state index contributed by atoms with van der Waals surface area (Å²) >= 11 is 1.12. The largest absolute Gasteiger partial charge is 0.459 e. The number of nitrogens with two attached hydrogens (primary N) is 1. The van der Waals surface area contributed by atoms with Crippen LogP contribution in [0.4, 0.5) is 5.00 Å². The fraction of sp³-hybridized carbons (Fsp3) is 0.294. The Morgan fingerprint density at radius 1 is 1.26 bits per heavy atom. The number of primary amides is 1. The highest BCUT2D eigenvalue weighted by molar-refractivity contribution is 7.14. The third kappa shape index (κ3) is 5.42. The summed E-state index contributed by atoms with van der Waals surface area (Å²) in [5, 5.41) is 6.84. The van der Waals surface area contributed by atoms with E-state index in [0.29, 0.717) is 0 Å². The second-order valence-corrected chi connectivity index (χ2v) is 6.77. The van der Waals surface area contributed by atoms with E-state index in [9.17, 15) is 19.2 Å².